The van der Waals surface area contributed by atoms with Gasteiger partial charge in [0.05, 0.1) is 18.0 Å². The summed E-state index contributed by atoms with van der Waals surface area (Å²) in [5, 5.41) is 11.2. The van der Waals surface area contributed by atoms with Crippen molar-refractivity contribution in [2.45, 2.75) is 55.4 Å². The molecule has 1 aromatic carbocycles. The zero-order chi connectivity index (χ0) is 17.6. The Hall–Kier alpha value is -2.02. The molecule has 1 heterocycles. The largest absolute Gasteiger partial charge is 0.495 e. The molecule has 0 spiro atoms. The molecule has 1 N–H and O–H groups in total. The van der Waals surface area contributed by atoms with E-state index >= 15 is 0 Å². The Morgan fingerprint density at radius 3 is 2.80 bits per heavy atom. The lowest BCUT2D eigenvalue weighted by molar-refractivity contribution is -0.115. The van der Waals surface area contributed by atoms with Crippen molar-refractivity contribution in [3.8, 4) is 5.75 Å². The van der Waals surface area contributed by atoms with Crippen molar-refractivity contribution in [2.24, 2.45) is 0 Å². The molecular weight excluding hydrogens is 338 g/mol. The molecule has 1 atom stereocenters. The zero-order valence-electron chi connectivity index (χ0n) is 14.5. The van der Waals surface area contributed by atoms with Crippen LogP contribution >= 0.6 is 11.8 Å². The minimum atomic E-state index is -0.357. The average Bonchev–Trinajstić information content (AvgIpc) is 3.11. The van der Waals surface area contributed by atoms with Gasteiger partial charge >= 0.3 is 0 Å². The van der Waals surface area contributed by atoms with Gasteiger partial charge in [-0.1, -0.05) is 43.2 Å². The number of benzene rings is 1. The van der Waals surface area contributed by atoms with Crippen molar-refractivity contribution in [3.63, 3.8) is 0 Å². The summed E-state index contributed by atoms with van der Waals surface area (Å²) < 4.78 is 11.0. The molecule has 25 heavy (non-hydrogen) atoms. The lowest BCUT2D eigenvalue weighted by Crippen LogP contribution is -2.22. The van der Waals surface area contributed by atoms with E-state index in [1.807, 2.05) is 31.2 Å². The van der Waals surface area contributed by atoms with Crippen LogP contribution in [0.1, 0.15) is 50.8 Å². The molecule has 1 aliphatic rings. The summed E-state index contributed by atoms with van der Waals surface area (Å²) in [6, 6.07) is 7.33. The van der Waals surface area contributed by atoms with Gasteiger partial charge in [0.15, 0.2) is 0 Å². The third kappa shape index (κ3) is 4.54. The van der Waals surface area contributed by atoms with Gasteiger partial charge in [0.1, 0.15) is 5.75 Å². The number of aromatic nitrogens is 2. The van der Waals surface area contributed by atoms with Crippen molar-refractivity contribution in [1.82, 2.24) is 10.2 Å². The highest BCUT2D eigenvalue weighted by Crippen LogP contribution is 2.34. The van der Waals surface area contributed by atoms with E-state index in [0.717, 1.165) is 12.8 Å². The number of hydrogen-bond acceptors (Lipinski definition) is 6. The number of hydrogen-bond donors (Lipinski definition) is 1. The number of anilines is 1. The molecule has 0 unspecified atom stereocenters. The molecule has 0 aliphatic heterocycles. The number of ether oxygens (including phenoxy) is 1. The maximum Gasteiger partial charge on any atom is 0.277 e. The van der Waals surface area contributed by atoms with Crippen molar-refractivity contribution >= 4 is 23.4 Å². The molecule has 1 fully saturated rings. The van der Waals surface area contributed by atoms with E-state index in [9.17, 15) is 4.79 Å². The van der Waals surface area contributed by atoms with Gasteiger partial charge in [-0.15, -0.1) is 10.2 Å². The SMILES string of the molecule is COc1ccccc1NC(=O)[C@H](C)Sc1nnc(C2CCCCC2)o1. The Morgan fingerprint density at radius 1 is 1.28 bits per heavy atom. The standard InChI is InChI=1S/C18H23N3O3S/c1-12(16(22)19-14-10-6-7-11-15(14)23-2)25-18-21-20-17(24-18)13-8-4-3-5-9-13/h6-7,10-13H,3-5,8-9H2,1-2H3,(H,19,22)/t12-/m0/s1. The summed E-state index contributed by atoms with van der Waals surface area (Å²) in [6.45, 7) is 1.82. The zero-order valence-corrected chi connectivity index (χ0v) is 15.3. The van der Waals surface area contributed by atoms with Crippen LogP contribution in [0, 0.1) is 0 Å². The Balaban J connectivity index is 1.59. The number of para-hydroxylation sites is 2. The van der Waals surface area contributed by atoms with Crippen LogP contribution in [0.3, 0.4) is 0 Å². The van der Waals surface area contributed by atoms with Gasteiger partial charge < -0.3 is 14.5 Å². The molecule has 3 rings (SSSR count). The number of thioether (sulfide) groups is 1. The average molecular weight is 361 g/mol. The Morgan fingerprint density at radius 2 is 2.04 bits per heavy atom. The van der Waals surface area contributed by atoms with Crippen LogP contribution in [0.25, 0.3) is 0 Å². The molecule has 1 aliphatic carbocycles. The van der Waals surface area contributed by atoms with E-state index in [0.29, 0.717) is 28.5 Å². The number of nitrogens with one attached hydrogen (secondary N) is 1. The molecule has 0 radical (unpaired) electrons. The first-order valence-corrected chi connectivity index (χ1v) is 9.49. The second-order valence-electron chi connectivity index (χ2n) is 6.19. The number of rotatable bonds is 6. The summed E-state index contributed by atoms with van der Waals surface area (Å²) in [7, 11) is 1.58. The van der Waals surface area contributed by atoms with E-state index in [-0.39, 0.29) is 11.2 Å². The van der Waals surface area contributed by atoms with Gasteiger partial charge in [-0.3, -0.25) is 4.79 Å². The Kier molecular flexibility index (Phi) is 5.96. The van der Waals surface area contributed by atoms with Crippen LogP contribution in [-0.4, -0.2) is 28.5 Å². The van der Waals surface area contributed by atoms with E-state index in [1.165, 1.54) is 31.0 Å². The van der Waals surface area contributed by atoms with E-state index in [4.69, 9.17) is 9.15 Å². The number of amides is 1. The first-order chi connectivity index (χ1) is 12.2. The Bertz CT molecular complexity index is 713. The normalized spacial score (nSPS) is 16.4. The molecule has 1 saturated carbocycles. The summed E-state index contributed by atoms with van der Waals surface area (Å²) in [6.07, 6.45) is 5.93. The summed E-state index contributed by atoms with van der Waals surface area (Å²) in [5.74, 6) is 1.57. The number of carbonyl (C=O) groups excluding carboxylic acids is 1. The van der Waals surface area contributed by atoms with Crippen molar-refractivity contribution in [3.05, 3.63) is 30.2 Å². The number of nitrogens with zero attached hydrogens (tertiary/aromatic N) is 2. The van der Waals surface area contributed by atoms with Crippen LogP contribution in [-0.2, 0) is 4.79 Å². The van der Waals surface area contributed by atoms with Gasteiger partial charge in [-0.25, -0.2) is 0 Å². The second kappa shape index (κ2) is 8.38. The van der Waals surface area contributed by atoms with Crippen LogP contribution in [0.2, 0.25) is 0 Å². The molecule has 1 amide bonds. The summed E-state index contributed by atoms with van der Waals surface area (Å²) in [4.78, 5) is 12.4. The van der Waals surface area contributed by atoms with Gasteiger partial charge in [-0.05, 0) is 31.9 Å². The molecule has 0 bridgehead atoms. The minimum Gasteiger partial charge on any atom is -0.495 e. The third-order valence-electron chi connectivity index (χ3n) is 4.39. The monoisotopic (exact) mass is 361 g/mol. The van der Waals surface area contributed by atoms with E-state index in [2.05, 4.69) is 15.5 Å². The van der Waals surface area contributed by atoms with Crippen LogP contribution in [0.15, 0.2) is 33.9 Å². The van der Waals surface area contributed by atoms with Gasteiger partial charge in [0.25, 0.3) is 5.22 Å². The maximum absolute atomic E-state index is 12.4. The molecule has 134 valence electrons. The van der Waals surface area contributed by atoms with Crippen LogP contribution in [0.4, 0.5) is 5.69 Å². The van der Waals surface area contributed by atoms with Gasteiger partial charge in [-0.2, -0.15) is 0 Å². The van der Waals surface area contributed by atoms with Crippen LogP contribution in [0.5, 0.6) is 5.75 Å². The highest BCUT2D eigenvalue weighted by molar-refractivity contribution is 8.00. The van der Waals surface area contributed by atoms with Crippen molar-refractivity contribution in [2.75, 3.05) is 12.4 Å². The predicted octanol–water partition coefficient (Wildman–Crippen LogP) is 4.25. The molecule has 2 aromatic rings. The van der Waals surface area contributed by atoms with Crippen molar-refractivity contribution < 1.29 is 13.9 Å². The van der Waals surface area contributed by atoms with Crippen LogP contribution < -0.4 is 10.1 Å². The second-order valence-corrected chi connectivity index (χ2v) is 7.48. The fraction of sp³-hybridized carbons (Fsp3) is 0.500. The quantitative estimate of drug-likeness (QED) is 0.775. The van der Waals surface area contributed by atoms with E-state index < -0.39 is 0 Å². The minimum absolute atomic E-state index is 0.132. The smallest absolute Gasteiger partial charge is 0.277 e. The molecule has 6 nitrogen and oxygen atoms in total. The summed E-state index contributed by atoms with van der Waals surface area (Å²) >= 11 is 1.28. The molecule has 1 aromatic heterocycles. The number of methoxy groups -OCH3 is 1. The van der Waals surface area contributed by atoms with Gasteiger partial charge in [0, 0.05) is 5.92 Å². The van der Waals surface area contributed by atoms with Crippen molar-refractivity contribution in [1.29, 1.82) is 0 Å². The number of carbonyl (C=O) groups is 1. The predicted molar refractivity (Wildman–Crippen MR) is 97.1 cm³/mol. The third-order valence-corrected chi connectivity index (χ3v) is 5.32. The highest BCUT2D eigenvalue weighted by Gasteiger charge is 2.23. The van der Waals surface area contributed by atoms with Gasteiger partial charge in [0.2, 0.25) is 11.8 Å². The lowest BCUT2D eigenvalue weighted by atomic mass is 9.89. The molecular formula is C18H23N3O3S. The fourth-order valence-corrected chi connectivity index (χ4v) is 3.66. The molecule has 7 heteroatoms. The highest BCUT2D eigenvalue weighted by atomic mass is 32.2. The first-order valence-electron chi connectivity index (χ1n) is 8.61. The summed E-state index contributed by atoms with van der Waals surface area (Å²) in [5.41, 5.74) is 0.649. The van der Waals surface area contributed by atoms with E-state index in [1.54, 1.807) is 7.11 Å². The topological polar surface area (TPSA) is 77.2 Å². The maximum atomic E-state index is 12.4. The Labute approximate surface area is 151 Å². The lowest BCUT2D eigenvalue weighted by Gasteiger charge is -2.17. The molecule has 0 saturated heterocycles. The fourth-order valence-electron chi connectivity index (χ4n) is 2.97. The first kappa shape index (κ1) is 17.8.